The lowest BCUT2D eigenvalue weighted by molar-refractivity contribution is -0.116. The van der Waals surface area contributed by atoms with E-state index in [-0.39, 0.29) is 11.8 Å². The molecule has 0 spiro atoms. The molecule has 28 heavy (non-hydrogen) atoms. The first-order chi connectivity index (χ1) is 13.7. The third-order valence-corrected chi connectivity index (χ3v) is 4.47. The molecule has 0 aliphatic carbocycles. The van der Waals surface area contributed by atoms with Crippen LogP contribution in [0.25, 0.3) is 0 Å². The third kappa shape index (κ3) is 5.81. The summed E-state index contributed by atoms with van der Waals surface area (Å²) in [5.41, 5.74) is 3.30. The summed E-state index contributed by atoms with van der Waals surface area (Å²) in [6.45, 7) is 0.541. The van der Waals surface area contributed by atoms with Gasteiger partial charge in [-0.3, -0.25) is 9.59 Å². The molecule has 3 aromatic carbocycles. The van der Waals surface area contributed by atoms with Gasteiger partial charge in [0.05, 0.1) is 11.3 Å². The van der Waals surface area contributed by atoms with Crippen LogP contribution in [0.2, 0.25) is 0 Å². The number of hydrogen-bond donors (Lipinski definition) is 2. The summed E-state index contributed by atoms with van der Waals surface area (Å²) in [4.78, 5) is 24.9. The first-order valence-corrected chi connectivity index (χ1v) is 9.47. The van der Waals surface area contributed by atoms with E-state index < -0.39 is 0 Å². The molecule has 4 heteroatoms. The summed E-state index contributed by atoms with van der Waals surface area (Å²) in [6.07, 6.45) is 1.80. The van der Waals surface area contributed by atoms with Crippen LogP contribution in [0.3, 0.4) is 0 Å². The molecular weight excluding hydrogens is 348 g/mol. The third-order valence-electron chi connectivity index (χ3n) is 4.47. The molecule has 0 aromatic heterocycles. The van der Waals surface area contributed by atoms with Gasteiger partial charge in [0.15, 0.2) is 0 Å². The Morgan fingerprint density at radius 3 is 1.93 bits per heavy atom. The smallest absolute Gasteiger partial charge is 0.253 e. The minimum Gasteiger partial charge on any atom is -0.352 e. The summed E-state index contributed by atoms with van der Waals surface area (Å²) in [6, 6.07) is 27.0. The average molecular weight is 372 g/mol. The van der Waals surface area contributed by atoms with E-state index in [0.717, 1.165) is 12.0 Å². The van der Waals surface area contributed by atoms with Crippen molar-refractivity contribution in [2.75, 3.05) is 11.9 Å². The van der Waals surface area contributed by atoms with Gasteiger partial charge in [-0.1, -0.05) is 72.8 Å². The number of rotatable bonds is 8. The predicted octanol–water partition coefficient (Wildman–Crippen LogP) is 4.23. The van der Waals surface area contributed by atoms with Crippen molar-refractivity contribution in [2.24, 2.45) is 0 Å². The Morgan fingerprint density at radius 1 is 0.679 bits per heavy atom. The molecule has 2 N–H and O–H groups in total. The van der Waals surface area contributed by atoms with Gasteiger partial charge in [-0.05, 0) is 36.1 Å². The van der Waals surface area contributed by atoms with Gasteiger partial charge >= 0.3 is 0 Å². The van der Waals surface area contributed by atoms with Crippen LogP contribution >= 0.6 is 0 Å². The van der Waals surface area contributed by atoms with E-state index in [1.165, 1.54) is 5.56 Å². The van der Waals surface area contributed by atoms with Crippen LogP contribution in [0.15, 0.2) is 84.9 Å². The SMILES string of the molecule is O=C(CCc1ccccc1)Nc1ccccc1C(=O)NCCc1ccccc1. The Bertz CT molecular complexity index is 908. The lowest BCUT2D eigenvalue weighted by Crippen LogP contribution is -2.27. The van der Waals surface area contributed by atoms with Crippen LogP contribution in [0.5, 0.6) is 0 Å². The number of hydrogen-bond acceptors (Lipinski definition) is 2. The van der Waals surface area contributed by atoms with Crippen molar-refractivity contribution in [1.29, 1.82) is 0 Å². The number of amides is 2. The summed E-state index contributed by atoms with van der Waals surface area (Å²) < 4.78 is 0. The highest BCUT2D eigenvalue weighted by Crippen LogP contribution is 2.16. The summed E-state index contributed by atoms with van der Waals surface area (Å²) in [5.74, 6) is -0.289. The van der Waals surface area contributed by atoms with Gasteiger partial charge in [0, 0.05) is 13.0 Å². The van der Waals surface area contributed by atoms with E-state index in [1.807, 2.05) is 66.7 Å². The molecule has 0 radical (unpaired) electrons. The fraction of sp³-hybridized carbons (Fsp3) is 0.167. The fourth-order valence-corrected chi connectivity index (χ4v) is 2.97. The first kappa shape index (κ1) is 19.4. The summed E-state index contributed by atoms with van der Waals surface area (Å²) in [5, 5.41) is 5.80. The van der Waals surface area contributed by atoms with Crippen molar-refractivity contribution in [3.63, 3.8) is 0 Å². The number of carbonyl (C=O) groups is 2. The Morgan fingerprint density at radius 2 is 1.25 bits per heavy atom. The lowest BCUT2D eigenvalue weighted by atomic mass is 10.1. The second kappa shape index (κ2) is 10.1. The second-order valence-corrected chi connectivity index (χ2v) is 6.57. The quantitative estimate of drug-likeness (QED) is 0.622. The van der Waals surface area contributed by atoms with Crippen LogP contribution in [0.4, 0.5) is 5.69 Å². The normalized spacial score (nSPS) is 10.3. The van der Waals surface area contributed by atoms with Crippen molar-refractivity contribution in [3.8, 4) is 0 Å². The molecule has 0 aliphatic rings. The second-order valence-electron chi connectivity index (χ2n) is 6.57. The van der Waals surface area contributed by atoms with Crippen LogP contribution in [-0.2, 0) is 17.6 Å². The number of nitrogens with one attached hydrogen (secondary N) is 2. The van der Waals surface area contributed by atoms with Crippen LogP contribution < -0.4 is 10.6 Å². The first-order valence-electron chi connectivity index (χ1n) is 9.47. The van der Waals surface area contributed by atoms with E-state index in [2.05, 4.69) is 10.6 Å². The highest BCUT2D eigenvalue weighted by molar-refractivity contribution is 6.03. The van der Waals surface area contributed by atoms with Crippen LogP contribution in [0, 0.1) is 0 Å². The maximum absolute atomic E-state index is 12.6. The van der Waals surface area contributed by atoms with Crippen molar-refractivity contribution in [3.05, 3.63) is 102 Å². The minimum absolute atomic E-state index is 0.103. The van der Waals surface area contributed by atoms with E-state index in [0.29, 0.717) is 30.6 Å². The highest BCUT2D eigenvalue weighted by atomic mass is 16.2. The van der Waals surface area contributed by atoms with Gasteiger partial charge in [0.1, 0.15) is 0 Å². The molecule has 0 saturated carbocycles. The molecule has 0 unspecified atom stereocenters. The van der Waals surface area contributed by atoms with Gasteiger partial charge in [0.25, 0.3) is 5.91 Å². The van der Waals surface area contributed by atoms with Crippen molar-refractivity contribution >= 4 is 17.5 Å². The van der Waals surface area contributed by atoms with E-state index in [1.54, 1.807) is 18.2 Å². The molecule has 0 atom stereocenters. The Labute approximate surface area is 165 Å². The highest BCUT2D eigenvalue weighted by Gasteiger charge is 2.12. The molecule has 0 bridgehead atoms. The van der Waals surface area contributed by atoms with Crippen LogP contribution in [0.1, 0.15) is 27.9 Å². The molecule has 0 heterocycles. The number of aryl methyl sites for hydroxylation is 1. The standard InChI is InChI=1S/C24H24N2O2/c27-23(16-15-19-9-3-1-4-10-19)26-22-14-8-7-13-21(22)24(28)25-18-17-20-11-5-2-6-12-20/h1-14H,15-18H2,(H,25,28)(H,26,27). The molecule has 3 rings (SSSR count). The summed E-state index contributed by atoms with van der Waals surface area (Å²) >= 11 is 0. The monoisotopic (exact) mass is 372 g/mol. The zero-order chi connectivity index (χ0) is 19.6. The molecule has 3 aromatic rings. The lowest BCUT2D eigenvalue weighted by Gasteiger charge is -2.11. The topological polar surface area (TPSA) is 58.2 Å². The molecule has 0 fully saturated rings. The minimum atomic E-state index is -0.185. The fourth-order valence-electron chi connectivity index (χ4n) is 2.97. The van der Waals surface area contributed by atoms with E-state index in [4.69, 9.17) is 0 Å². The molecular formula is C24H24N2O2. The molecule has 4 nitrogen and oxygen atoms in total. The largest absolute Gasteiger partial charge is 0.352 e. The Hall–Kier alpha value is -3.40. The number of benzene rings is 3. The zero-order valence-electron chi connectivity index (χ0n) is 15.7. The van der Waals surface area contributed by atoms with Gasteiger partial charge in [-0.15, -0.1) is 0 Å². The van der Waals surface area contributed by atoms with Crippen molar-refractivity contribution in [1.82, 2.24) is 5.32 Å². The van der Waals surface area contributed by atoms with Gasteiger partial charge in [-0.25, -0.2) is 0 Å². The molecule has 142 valence electrons. The predicted molar refractivity (Wildman–Crippen MR) is 112 cm³/mol. The van der Waals surface area contributed by atoms with Crippen molar-refractivity contribution < 1.29 is 9.59 Å². The Kier molecular flexibility index (Phi) is 6.96. The molecule has 0 aliphatic heterocycles. The molecule has 0 saturated heterocycles. The maximum atomic E-state index is 12.6. The van der Waals surface area contributed by atoms with Gasteiger partial charge in [0.2, 0.25) is 5.91 Å². The number of para-hydroxylation sites is 1. The Balaban J connectivity index is 1.54. The van der Waals surface area contributed by atoms with Crippen molar-refractivity contribution in [2.45, 2.75) is 19.3 Å². The summed E-state index contributed by atoms with van der Waals surface area (Å²) in [7, 11) is 0. The van der Waals surface area contributed by atoms with Gasteiger partial charge in [-0.2, -0.15) is 0 Å². The average Bonchev–Trinajstić information content (AvgIpc) is 2.74. The van der Waals surface area contributed by atoms with E-state index >= 15 is 0 Å². The van der Waals surface area contributed by atoms with E-state index in [9.17, 15) is 9.59 Å². The van der Waals surface area contributed by atoms with Crippen LogP contribution in [-0.4, -0.2) is 18.4 Å². The number of carbonyl (C=O) groups excluding carboxylic acids is 2. The zero-order valence-corrected chi connectivity index (χ0v) is 15.7. The number of anilines is 1. The molecule has 2 amide bonds. The van der Waals surface area contributed by atoms with Gasteiger partial charge < -0.3 is 10.6 Å². The maximum Gasteiger partial charge on any atom is 0.253 e.